The van der Waals surface area contributed by atoms with Crippen LogP contribution in [0.5, 0.6) is 0 Å². The summed E-state index contributed by atoms with van der Waals surface area (Å²) in [4.78, 5) is 30.2. The Kier molecular flexibility index (Phi) is 12.8. The van der Waals surface area contributed by atoms with E-state index in [-0.39, 0.29) is 11.4 Å². The molecule has 0 aliphatic carbocycles. The molecule has 5 aromatic carbocycles. The molecule has 0 bridgehead atoms. The summed E-state index contributed by atoms with van der Waals surface area (Å²) in [5.41, 5.74) is 7.48. The quantitative estimate of drug-likeness (QED) is 0.0301. The first kappa shape index (κ1) is 40.6. The van der Waals surface area contributed by atoms with Gasteiger partial charge in [-0.3, -0.25) is 10.1 Å². The first-order valence-electron chi connectivity index (χ1n) is 18.9. The van der Waals surface area contributed by atoms with E-state index >= 15 is 0 Å². The van der Waals surface area contributed by atoms with Crippen molar-refractivity contribution in [3.05, 3.63) is 148 Å². The highest BCUT2D eigenvalue weighted by atomic mass is 35.5. The Hall–Kier alpha value is -5.60. The molecule has 2 heterocycles. The van der Waals surface area contributed by atoms with Crippen LogP contribution in [0.3, 0.4) is 0 Å². The van der Waals surface area contributed by atoms with E-state index in [2.05, 4.69) is 32.0 Å². The number of nitro groups is 1. The van der Waals surface area contributed by atoms with Gasteiger partial charge in [0.05, 0.1) is 16.7 Å². The molecule has 58 heavy (non-hydrogen) atoms. The molecule has 1 saturated heterocycles. The normalized spacial score (nSPS) is 13.3. The lowest BCUT2D eigenvalue weighted by Gasteiger charge is -2.37. The molecule has 3 N–H and O–H groups in total. The summed E-state index contributed by atoms with van der Waals surface area (Å²) in [6.07, 6.45) is 0.664. The molecule has 0 spiro atoms. The Bertz CT molecular complexity index is 2390. The van der Waals surface area contributed by atoms with Gasteiger partial charge in [0.25, 0.3) is 5.69 Å². The lowest BCUT2D eigenvalue weighted by atomic mass is 9.93. The summed E-state index contributed by atoms with van der Waals surface area (Å²) < 4.78 is 18.1. The van der Waals surface area contributed by atoms with Crippen molar-refractivity contribution in [3.63, 3.8) is 0 Å². The van der Waals surface area contributed by atoms with Crippen LogP contribution in [0.25, 0.3) is 22.3 Å². The highest BCUT2D eigenvalue weighted by molar-refractivity contribution is 7.99. The van der Waals surface area contributed by atoms with E-state index in [1.54, 1.807) is 28.5 Å². The number of hydrogen-bond acceptors (Lipinski definition) is 9. The number of halogens is 1. The number of aromatic carboxylic acids is 1. The van der Waals surface area contributed by atoms with Crippen molar-refractivity contribution < 1.29 is 19.4 Å². The Morgan fingerprint density at radius 3 is 2.19 bits per heavy atom. The van der Waals surface area contributed by atoms with E-state index < -0.39 is 22.3 Å². The fourth-order valence-corrected chi connectivity index (χ4v) is 9.19. The van der Waals surface area contributed by atoms with Crippen molar-refractivity contribution in [1.82, 2.24) is 4.57 Å². The van der Waals surface area contributed by atoms with Crippen LogP contribution in [0, 0.1) is 10.1 Å². The molecule has 11 nitrogen and oxygen atoms in total. The summed E-state index contributed by atoms with van der Waals surface area (Å²) in [7, 11) is 1.82. The van der Waals surface area contributed by atoms with Gasteiger partial charge in [0.2, 0.25) is 0 Å². The molecule has 1 aromatic heterocycles. The molecule has 0 saturated carbocycles. The molecule has 7 rings (SSSR count). The fraction of sp³-hybridized carbons (Fsp3) is 0.205. The monoisotopic (exact) mass is 834 g/mol. The Morgan fingerprint density at radius 1 is 0.845 bits per heavy atom. The van der Waals surface area contributed by atoms with Gasteiger partial charge in [0.1, 0.15) is 22.7 Å². The molecule has 1 atom stereocenters. The number of nitrogens with one attached hydrogen (secondary N) is 2. The van der Waals surface area contributed by atoms with Crippen LogP contribution in [0.15, 0.2) is 131 Å². The highest BCUT2D eigenvalue weighted by Crippen LogP contribution is 2.41. The van der Waals surface area contributed by atoms with Crippen molar-refractivity contribution in [3.8, 4) is 22.3 Å². The molecule has 0 amide bonds. The van der Waals surface area contributed by atoms with Crippen LogP contribution in [0.4, 0.5) is 28.4 Å². The molecule has 298 valence electrons. The van der Waals surface area contributed by atoms with Gasteiger partial charge in [-0.15, -0.1) is 11.8 Å². The van der Waals surface area contributed by atoms with E-state index in [4.69, 9.17) is 11.6 Å². The van der Waals surface area contributed by atoms with E-state index in [0.717, 1.165) is 70.6 Å². The fourth-order valence-electron chi connectivity index (χ4n) is 7.39. The van der Waals surface area contributed by atoms with Crippen LogP contribution < -0.4 is 19.8 Å². The van der Waals surface area contributed by atoms with Gasteiger partial charge in [-0.05, 0) is 90.3 Å². The van der Waals surface area contributed by atoms with Gasteiger partial charge in [-0.25, -0.2) is 9.52 Å². The van der Waals surface area contributed by atoms with Crippen molar-refractivity contribution in [2.75, 3.05) is 58.3 Å². The van der Waals surface area contributed by atoms with Gasteiger partial charge in [0.15, 0.2) is 4.90 Å². The van der Waals surface area contributed by atoms with Crippen LogP contribution >= 0.6 is 23.4 Å². The number of carboxylic acids is 1. The van der Waals surface area contributed by atoms with Crippen LogP contribution in [0.2, 0.25) is 5.02 Å². The number of thioether (sulfide) groups is 1. The number of aromatic nitrogens is 1. The largest absolute Gasteiger partial charge is 0.588 e. The minimum absolute atomic E-state index is 0.128. The second kappa shape index (κ2) is 18.3. The summed E-state index contributed by atoms with van der Waals surface area (Å²) in [5.74, 6) is -0.246. The average Bonchev–Trinajstić information content (AvgIpc) is 3.55. The third-order valence-electron chi connectivity index (χ3n) is 10.2. The van der Waals surface area contributed by atoms with Gasteiger partial charge in [-0.1, -0.05) is 61.0 Å². The van der Waals surface area contributed by atoms with Crippen LogP contribution in [-0.2, 0) is 24.8 Å². The van der Waals surface area contributed by atoms with Crippen molar-refractivity contribution >= 4 is 69.1 Å². The summed E-state index contributed by atoms with van der Waals surface area (Å²) in [6, 6.07) is 37.9. The third kappa shape index (κ3) is 9.08. The molecule has 1 aliphatic heterocycles. The SMILES string of the molecule is CCc1c(-c2ccc(Cl)cc2)c(-c2cccc(N3CCN(c4ccc(N[S+]([O-])c5ccc(NCCSc6ccccc6)c([N+](=O)[O-])c5)cc4)CC3)c2)c(C(=O)O)n1C. The van der Waals surface area contributed by atoms with E-state index in [0.29, 0.717) is 39.8 Å². The van der Waals surface area contributed by atoms with E-state index in [9.17, 15) is 24.6 Å². The van der Waals surface area contributed by atoms with E-state index in [1.165, 1.54) is 6.07 Å². The van der Waals surface area contributed by atoms with Crippen molar-refractivity contribution in [2.24, 2.45) is 7.05 Å². The van der Waals surface area contributed by atoms with Gasteiger partial charge in [0, 0.05) is 83.6 Å². The maximum atomic E-state index is 13.3. The molecular formula is C44H43ClN6O5S2. The molecule has 6 aromatic rings. The Morgan fingerprint density at radius 2 is 1.53 bits per heavy atom. The second-order valence-electron chi connectivity index (χ2n) is 13.7. The van der Waals surface area contributed by atoms with Crippen molar-refractivity contribution in [1.29, 1.82) is 0 Å². The maximum Gasteiger partial charge on any atom is 0.353 e. The first-order chi connectivity index (χ1) is 28.1. The zero-order valence-electron chi connectivity index (χ0n) is 32.1. The molecular weight excluding hydrogens is 792 g/mol. The summed E-state index contributed by atoms with van der Waals surface area (Å²) in [5, 5.41) is 26.1. The molecule has 1 unspecified atom stereocenters. The lowest BCUT2D eigenvalue weighted by Crippen LogP contribution is -2.46. The third-order valence-corrected chi connectivity index (χ3v) is 12.6. The topological polar surface area (TPSA) is 139 Å². The van der Waals surface area contributed by atoms with Crippen LogP contribution in [-0.4, -0.2) is 63.6 Å². The minimum atomic E-state index is -1.72. The zero-order chi connectivity index (χ0) is 40.8. The Balaban J connectivity index is 0.986. The molecule has 0 radical (unpaired) electrons. The zero-order valence-corrected chi connectivity index (χ0v) is 34.4. The number of carbonyl (C=O) groups is 1. The highest BCUT2D eigenvalue weighted by Gasteiger charge is 2.28. The van der Waals surface area contributed by atoms with Crippen LogP contribution in [0.1, 0.15) is 23.1 Å². The molecule has 14 heteroatoms. The van der Waals surface area contributed by atoms with Gasteiger partial charge < -0.3 is 29.3 Å². The number of rotatable bonds is 15. The average molecular weight is 835 g/mol. The second-order valence-corrected chi connectivity index (χ2v) is 16.6. The molecule has 1 fully saturated rings. The number of anilines is 4. The van der Waals surface area contributed by atoms with Crippen molar-refractivity contribution in [2.45, 2.75) is 23.1 Å². The number of piperazine rings is 1. The lowest BCUT2D eigenvalue weighted by molar-refractivity contribution is -0.384. The predicted molar refractivity (Wildman–Crippen MR) is 237 cm³/mol. The van der Waals surface area contributed by atoms with E-state index in [1.807, 2.05) is 105 Å². The number of nitro benzene ring substituents is 1. The number of hydrogen-bond donors (Lipinski definition) is 3. The minimum Gasteiger partial charge on any atom is -0.588 e. The summed E-state index contributed by atoms with van der Waals surface area (Å²) >= 11 is 6.16. The predicted octanol–water partition coefficient (Wildman–Crippen LogP) is 9.85. The van der Waals surface area contributed by atoms with Gasteiger partial charge in [-0.2, -0.15) is 0 Å². The first-order valence-corrected chi connectivity index (χ1v) is 21.4. The smallest absolute Gasteiger partial charge is 0.353 e. The standard InChI is InChI=1S/C44H43ClN6O5S2/c1-3-39-41(30-12-14-32(45)15-13-30)42(43(44(52)53)48(39)2)31-8-7-9-35(28-31)50-25-23-49(24-26-50)34-18-16-33(17-19-34)47-58(56)37-20-21-38(40(29-37)51(54)55)46-22-27-57-36-10-5-4-6-11-36/h4-21,28-29,46-47H,3,22-27H2,1-2H3,(H,52,53). The van der Waals surface area contributed by atoms with Gasteiger partial charge >= 0.3 is 5.97 Å². The Labute approximate surface area is 350 Å². The number of benzene rings is 5. The molecule has 1 aliphatic rings. The number of carboxylic acid groups (broad SMARTS) is 1. The number of nitrogens with zero attached hydrogens (tertiary/aromatic N) is 4. The summed E-state index contributed by atoms with van der Waals surface area (Å²) in [6.45, 7) is 5.61. The maximum absolute atomic E-state index is 13.3.